The van der Waals surface area contributed by atoms with E-state index in [4.69, 9.17) is 4.99 Å². The average molecular weight is 550 g/mol. The van der Waals surface area contributed by atoms with Gasteiger partial charge in [-0.3, -0.25) is 19.2 Å². The third kappa shape index (κ3) is 3.59. The minimum absolute atomic E-state index is 0.0780. The van der Waals surface area contributed by atoms with Crippen LogP contribution in [0.5, 0.6) is 0 Å². The molecule has 0 aliphatic carbocycles. The second-order valence-electron chi connectivity index (χ2n) is 9.46. The number of amides is 1. The van der Waals surface area contributed by atoms with E-state index in [2.05, 4.69) is 51.7 Å². The summed E-state index contributed by atoms with van der Waals surface area (Å²) in [7, 11) is -5.31. The molecule has 1 saturated heterocycles. The second-order valence-corrected chi connectivity index (χ2v) is 18.9. The Kier molecular flexibility index (Phi) is 6.80. The minimum atomic E-state index is -3.21. The van der Waals surface area contributed by atoms with Gasteiger partial charge >= 0.3 is 6.09 Å². The summed E-state index contributed by atoms with van der Waals surface area (Å²) >= 11 is 3.48. The number of nitrogens with one attached hydrogen (secondary N) is 2. The third-order valence-corrected chi connectivity index (χ3v) is 18.0. The monoisotopic (exact) mass is 548 g/mol. The molecule has 11 heteroatoms. The van der Waals surface area contributed by atoms with Crippen LogP contribution in [0.4, 0.5) is 9.18 Å². The van der Waals surface area contributed by atoms with Gasteiger partial charge in [-0.15, -0.1) is 0 Å². The maximum absolute atomic E-state index is 16.3. The minimum Gasteiger partial charge on any atom is -0.465 e. The zero-order chi connectivity index (χ0) is 24.1. The first-order valence-electron chi connectivity index (χ1n) is 11.1. The molecular formula is C21H34BrFN4O3SSi. The molecule has 0 unspecified atom stereocenters. The summed E-state index contributed by atoms with van der Waals surface area (Å²) < 4.78 is 33.3. The molecule has 0 saturated carbocycles. The topological polar surface area (TPSA) is 104 Å². The Bertz CT molecular complexity index is 1010. The molecular weight excluding hydrogens is 515 g/mol. The largest absolute Gasteiger partial charge is 0.465 e. The van der Waals surface area contributed by atoms with Crippen LogP contribution in [-0.4, -0.2) is 50.8 Å². The standard InChI is InChI=1S/C21H34BrFN4O3SSi/c1-7-32(8-2,9-3)13-12-15(22)25-17(16(13)23)21(6)14-10-11-24-31(14,30)20(4,5)18(27-21)26-19(28)29/h12,14,31H,7-11H2,1-6H3,(H,24,30)(H,26,27)(H,28,29)/t14-,21+/m1/s1. The number of rotatable bonds is 5. The third-order valence-electron chi connectivity index (χ3n) is 7.84. The fraction of sp³-hybridized carbons (Fsp3) is 0.667. The van der Waals surface area contributed by atoms with Crippen molar-refractivity contribution in [2.45, 2.75) is 81.6 Å². The molecule has 0 aromatic carbocycles. The van der Waals surface area contributed by atoms with Gasteiger partial charge in [-0.25, -0.2) is 14.2 Å². The summed E-state index contributed by atoms with van der Waals surface area (Å²) in [6, 6.07) is 4.49. The molecule has 3 N–H and O–H groups in total. The number of halogens is 2. The van der Waals surface area contributed by atoms with Crippen LogP contribution in [-0.2, 0) is 15.7 Å². The highest BCUT2D eigenvalue weighted by Gasteiger charge is 2.60. The summed E-state index contributed by atoms with van der Waals surface area (Å²) in [4.78, 5) is 20.8. The Morgan fingerprint density at radius 1 is 1.34 bits per heavy atom. The van der Waals surface area contributed by atoms with E-state index in [-0.39, 0.29) is 17.3 Å². The van der Waals surface area contributed by atoms with E-state index >= 15 is 4.39 Å². The maximum atomic E-state index is 16.3. The average Bonchev–Trinajstić information content (AvgIpc) is 3.14. The van der Waals surface area contributed by atoms with Gasteiger partial charge in [0, 0.05) is 6.54 Å². The molecule has 2 aliphatic heterocycles. The van der Waals surface area contributed by atoms with Gasteiger partial charge in [-0.1, -0.05) is 38.9 Å². The van der Waals surface area contributed by atoms with Crippen LogP contribution >= 0.6 is 15.9 Å². The van der Waals surface area contributed by atoms with Crippen LogP contribution < -0.4 is 15.2 Å². The predicted octanol–water partition coefficient (Wildman–Crippen LogP) is 3.67. The molecule has 1 aromatic heterocycles. The first kappa shape index (κ1) is 25.4. The van der Waals surface area contributed by atoms with Crippen molar-refractivity contribution in [3.63, 3.8) is 0 Å². The predicted molar refractivity (Wildman–Crippen MR) is 135 cm³/mol. The molecule has 7 nitrogen and oxygen atoms in total. The summed E-state index contributed by atoms with van der Waals surface area (Å²) in [5.41, 5.74) is -1.13. The Labute approximate surface area is 199 Å². The molecule has 0 bridgehead atoms. The Hall–Kier alpha value is -1.17. The van der Waals surface area contributed by atoms with Crippen LogP contribution in [0.1, 0.15) is 53.7 Å². The molecule has 180 valence electrons. The van der Waals surface area contributed by atoms with Gasteiger partial charge < -0.3 is 5.11 Å². The van der Waals surface area contributed by atoms with Gasteiger partial charge in [0.25, 0.3) is 0 Å². The van der Waals surface area contributed by atoms with Gasteiger partial charge in [0.05, 0.1) is 18.1 Å². The Balaban J connectivity index is 2.35. The van der Waals surface area contributed by atoms with Crippen LogP contribution in [0.3, 0.4) is 0 Å². The van der Waals surface area contributed by atoms with Gasteiger partial charge in [0.2, 0.25) is 0 Å². The van der Waals surface area contributed by atoms with E-state index in [1.54, 1.807) is 26.8 Å². The zero-order valence-electron chi connectivity index (χ0n) is 19.6. The fourth-order valence-electron chi connectivity index (χ4n) is 5.52. The first-order chi connectivity index (χ1) is 14.8. The maximum Gasteiger partial charge on any atom is 0.410 e. The van der Waals surface area contributed by atoms with Crippen molar-refractivity contribution in [3.05, 3.63) is 22.2 Å². The number of hydrogen-bond donors (Lipinski definition) is 4. The summed E-state index contributed by atoms with van der Waals surface area (Å²) in [6.45, 7) is 12.0. The molecule has 2 atom stereocenters. The molecule has 32 heavy (non-hydrogen) atoms. The summed E-state index contributed by atoms with van der Waals surface area (Å²) in [6.07, 6.45) is -0.747. The van der Waals surface area contributed by atoms with E-state index in [0.717, 1.165) is 18.1 Å². The van der Waals surface area contributed by atoms with Crippen molar-refractivity contribution in [3.8, 4) is 0 Å². The van der Waals surface area contributed by atoms with Crippen molar-refractivity contribution in [2.75, 3.05) is 6.54 Å². The highest BCUT2D eigenvalue weighted by Crippen LogP contribution is 2.49. The van der Waals surface area contributed by atoms with Gasteiger partial charge in [-0.05, 0) is 64.5 Å². The number of hydrogen-bond acceptors (Lipinski definition) is 4. The zero-order valence-corrected chi connectivity index (χ0v) is 23.0. The van der Waals surface area contributed by atoms with Crippen molar-refractivity contribution in [1.82, 2.24) is 15.0 Å². The molecule has 3 rings (SSSR count). The van der Waals surface area contributed by atoms with Crippen LogP contribution in [0.15, 0.2) is 15.7 Å². The number of aromatic nitrogens is 1. The van der Waals surface area contributed by atoms with Gasteiger partial charge in [0.1, 0.15) is 27.5 Å². The molecule has 2 aliphatic rings. The van der Waals surface area contributed by atoms with Crippen molar-refractivity contribution in [1.29, 1.82) is 0 Å². The highest BCUT2D eigenvalue weighted by molar-refractivity contribution is 9.10. The van der Waals surface area contributed by atoms with Gasteiger partial charge in [0.15, 0.2) is 0 Å². The number of carboxylic acid groups (broad SMARTS) is 1. The van der Waals surface area contributed by atoms with Crippen LogP contribution in [0.2, 0.25) is 18.1 Å². The van der Waals surface area contributed by atoms with Crippen molar-refractivity contribution < 1.29 is 18.5 Å². The van der Waals surface area contributed by atoms with E-state index in [1.165, 1.54) is 0 Å². The van der Waals surface area contributed by atoms with E-state index in [0.29, 0.717) is 22.8 Å². The lowest BCUT2D eigenvalue weighted by molar-refractivity contribution is 0.199. The SMILES string of the molecule is CC[Si](CC)(CC)c1cc(Br)nc([C@@]2(C)N=C(NC(=O)O)C(C)(C)[SH]3(=O)NCC[C@H]23)c1F. The highest BCUT2D eigenvalue weighted by atomic mass is 79.9. The molecule has 3 heterocycles. The molecule has 1 aromatic rings. The van der Waals surface area contributed by atoms with Crippen LogP contribution in [0, 0.1) is 5.82 Å². The fourth-order valence-corrected chi connectivity index (χ4v) is 13.5. The Morgan fingerprint density at radius 3 is 2.47 bits per heavy atom. The molecule has 0 radical (unpaired) electrons. The first-order valence-corrected chi connectivity index (χ1v) is 16.3. The Morgan fingerprint density at radius 2 is 1.94 bits per heavy atom. The number of carbonyl (C=O) groups is 1. The molecule has 0 spiro atoms. The number of amidine groups is 1. The van der Waals surface area contributed by atoms with E-state index < -0.39 is 39.8 Å². The summed E-state index contributed by atoms with van der Waals surface area (Å²) in [5, 5.41) is 12.0. The number of thiol groups is 1. The van der Waals surface area contributed by atoms with Crippen LogP contribution in [0.25, 0.3) is 0 Å². The smallest absolute Gasteiger partial charge is 0.410 e. The van der Waals surface area contributed by atoms with Crippen molar-refractivity contribution >= 4 is 51.2 Å². The lowest BCUT2D eigenvalue weighted by Gasteiger charge is -2.50. The number of pyridine rings is 1. The normalized spacial score (nSPS) is 27.4. The van der Waals surface area contributed by atoms with E-state index in [1.807, 2.05) is 0 Å². The number of aliphatic imine (C=N–C) groups is 1. The molecule has 1 fully saturated rings. The lowest BCUT2D eigenvalue weighted by atomic mass is 9.90. The van der Waals surface area contributed by atoms with Crippen molar-refractivity contribution in [2.24, 2.45) is 4.99 Å². The van der Waals surface area contributed by atoms with Gasteiger partial charge in [-0.2, -0.15) is 0 Å². The second kappa shape index (κ2) is 8.55. The van der Waals surface area contributed by atoms with E-state index in [9.17, 15) is 14.1 Å². The summed E-state index contributed by atoms with van der Waals surface area (Å²) in [5.74, 6) is -0.307. The number of fused-ring (bicyclic) bond motifs is 1. The quantitative estimate of drug-likeness (QED) is 0.256. The number of nitrogens with zero attached hydrogens (tertiary/aromatic N) is 2. The molecule has 1 amide bonds. The lowest BCUT2D eigenvalue weighted by Crippen LogP contribution is -2.66.